The van der Waals surface area contributed by atoms with Gasteiger partial charge in [0.2, 0.25) is 41.4 Å². The molecule has 3 saturated heterocycles. The Hall–Kier alpha value is -5.49. The Morgan fingerprint density at radius 3 is 1.88 bits per heavy atom. The lowest BCUT2D eigenvalue weighted by molar-refractivity contribution is -0.148. The first-order chi connectivity index (χ1) is 35.1. The summed E-state index contributed by atoms with van der Waals surface area (Å²) in [6, 6.07) is -5.28. The molecule has 13 N–H and O–H groups in total. The van der Waals surface area contributed by atoms with Crippen molar-refractivity contribution in [3.63, 3.8) is 0 Å². The van der Waals surface area contributed by atoms with E-state index in [1.165, 1.54) is 50.5 Å². The highest BCUT2D eigenvalue weighted by molar-refractivity contribution is 5.98. The number of carbonyl (C=O) groups excluding carboxylic acids is 7. The zero-order chi connectivity index (χ0) is 54.6. The van der Waals surface area contributed by atoms with Crippen molar-refractivity contribution in [3.05, 3.63) is 54.1 Å². The highest BCUT2D eigenvalue weighted by Crippen LogP contribution is 2.27. The third-order valence-corrected chi connectivity index (χ3v) is 13.7. The second kappa shape index (κ2) is 30.2. The minimum Gasteiger partial charge on any atom is -0.508 e. The van der Waals surface area contributed by atoms with Crippen LogP contribution in [0.3, 0.4) is 0 Å². The summed E-state index contributed by atoms with van der Waals surface area (Å²) >= 11 is 0. The van der Waals surface area contributed by atoms with E-state index in [1.807, 2.05) is 0 Å². The molecular weight excluding hydrogens is 963 g/mol. The van der Waals surface area contributed by atoms with Crippen molar-refractivity contribution in [1.29, 1.82) is 0 Å². The first-order valence-corrected chi connectivity index (χ1v) is 26.1. The van der Waals surface area contributed by atoms with Gasteiger partial charge >= 0.3 is 0 Å². The fourth-order valence-corrected chi connectivity index (χ4v) is 9.36. The topological polar surface area (TPSA) is 348 Å². The summed E-state index contributed by atoms with van der Waals surface area (Å²) in [7, 11) is 0. The van der Waals surface area contributed by atoms with E-state index in [1.54, 1.807) is 0 Å². The average Bonchev–Trinajstić information content (AvgIpc) is 3.89. The standard InChI is InChI=1S/C52H81N7O15/c1-5-6-7-8-9-10-11-12-13-14-15-16-17-18-19-20-40(66)53-36-27-39(65)48(70)57-50(72)44-45(67)30(2)28-59(44)52(74)42(32(4)61)55-49(71)43(38(64)25-33-21-23-34(62)24-22-33)56-47(69)37-26-35(63)29-58(37)51(73)41(31(3)60)54-46(36)68/h9-10,12-13,21-24,30-32,35-39,41-45,48,60-65,67,70H,5-8,11,14-20,25-29H2,1-4H3,(H,53,66)(H,54,68)(H,55,71)(H,56,69)(H,57,72)/b10-9-,13-12-/t30-,31+,32+,35+,36-,37-,38+,39+,41-,42-,43-,44-,45-,48+/m0/s1. The number of aliphatic hydroxyl groups excluding tert-OH is 7. The first kappa shape index (κ1) is 61.1. The number of phenols is 1. The maximum absolute atomic E-state index is 14.3. The summed E-state index contributed by atoms with van der Waals surface area (Å²) in [5.41, 5.74) is 0.378. The molecule has 0 bridgehead atoms. The number of hydrogen-bond donors (Lipinski definition) is 13. The molecule has 1 aromatic carbocycles. The molecule has 414 valence electrons. The van der Waals surface area contributed by atoms with Crippen LogP contribution in [-0.2, 0) is 40.0 Å². The number of aliphatic hydroxyl groups is 7. The van der Waals surface area contributed by atoms with Crippen LogP contribution in [0, 0.1) is 5.92 Å². The van der Waals surface area contributed by atoms with Gasteiger partial charge in [-0.1, -0.05) is 82.4 Å². The summed E-state index contributed by atoms with van der Waals surface area (Å²) < 4.78 is 0. The average molecular weight is 1040 g/mol. The number of nitrogens with zero attached hydrogens (tertiary/aromatic N) is 2. The minimum absolute atomic E-state index is 0.0536. The largest absolute Gasteiger partial charge is 0.508 e. The first-order valence-electron chi connectivity index (χ1n) is 26.1. The van der Waals surface area contributed by atoms with Crippen LogP contribution in [0.1, 0.15) is 123 Å². The maximum atomic E-state index is 14.3. The predicted molar refractivity (Wildman–Crippen MR) is 270 cm³/mol. The van der Waals surface area contributed by atoms with E-state index in [4.69, 9.17) is 0 Å². The van der Waals surface area contributed by atoms with Crippen molar-refractivity contribution < 1.29 is 74.4 Å². The number of carbonyl (C=O) groups is 7. The number of unbranched alkanes of at least 4 members (excludes halogenated alkanes) is 8. The maximum Gasteiger partial charge on any atom is 0.248 e. The number of hydrogen-bond acceptors (Lipinski definition) is 15. The molecule has 0 spiro atoms. The molecule has 14 atom stereocenters. The van der Waals surface area contributed by atoms with E-state index in [0.717, 1.165) is 62.2 Å². The van der Waals surface area contributed by atoms with Crippen LogP contribution in [0.25, 0.3) is 0 Å². The molecule has 0 unspecified atom stereocenters. The molecule has 0 saturated carbocycles. The second-order valence-electron chi connectivity index (χ2n) is 20.0. The highest BCUT2D eigenvalue weighted by Gasteiger charge is 2.50. The van der Waals surface area contributed by atoms with Gasteiger partial charge in [-0.25, -0.2) is 0 Å². The van der Waals surface area contributed by atoms with Crippen LogP contribution in [0.2, 0.25) is 0 Å². The Labute approximate surface area is 433 Å². The Kier molecular flexibility index (Phi) is 24.9. The number of benzene rings is 1. The number of phenolic OH excluding ortho intramolecular Hbond substituents is 1. The van der Waals surface area contributed by atoms with E-state index in [0.29, 0.717) is 18.4 Å². The summed E-state index contributed by atoms with van der Waals surface area (Å²) in [5, 5.41) is 99.5. The van der Waals surface area contributed by atoms with Gasteiger partial charge in [0.15, 0.2) is 6.23 Å². The van der Waals surface area contributed by atoms with Crippen LogP contribution in [0.4, 0.5) is 0 Å². The van der Waals surface area contributed by atoms with Crippen LogP contribution >= 0.6 is 0 Å². The summed E-state index contributed by atoms with van der Waals surface area (Å²) in [4.78, 5) is 100. The monoisotopic (exact) mass is 1040 g/mol. The van der Waals surface area contributed by atoms with Gasteiger partial charge in [-0.05, 0) is 70.1 Å². The fourth-order valence-electron chi connectivity index (χ4n) is 9.36. The number of rotatable bonds is 20. The quantitative estimate of drug-likeness (QED) is 0.0561. The molecule has 3 aliphatic rings. The highest BCUT2D eigenvalue weighted by atomic mass is 16.3. The predicted octanol–water partition coefficient (Wildman–Crippen LogP) is -0.821. The minimum atomic E-state index is -2.20. The molecule has 1 aromatic rings. The lowest BCUT2D eigenvalue weighted by Gasteiger charge is -2.33. The van der Waals surface area contributed by atoms with Gasteiger partial charge in [0.05, 0.1) is 30.5 Å². The van der Waals surface area contributed by atoms with Crippen molar-refractivity contribution in [2.24, 2.45) is 5.92 Å². The number of nitrogens with one attached hydrogen (secondary N) is 5. The summed E-state index contributed by atoms with van der Waals surface area (Å²) in [6.45, 7) is 5.17. The molecule has 4 rings (SSSR count). The van der Waals surface area contributed by atoms with Crippen molar-refractivity contribution in [2.75, 3.05) is 13.1 Å². The lowest BCUT2D eigenvalue weighted by Crippen LogP contribution is -2.64. The Bertz CT molecular complexity index is 2070. The normalized spacial score (nSPS) is 29.2. The van der Waals surface area contributed by atoms with Gasteiger partial charge in [0.25, 0.3) is 0 Å². The van der Waals surface area contributed by atoms with Crippen molar-refractivity contribution in [3.8, 4) is 5.75 Å². The zero-order valence-corrected chi connectivity index (χ0v) is 43.1. The summed E-state index contributed by atoms with van der Waals surface area (Å²) in [6.07, 6.45) is 5.11. The fraction of sp³-hybridized carbons (Fsp3) is 0.673. The van der Waals surface area contributed by atoms with E-state index < -0.39 is 146 Å². The smallest absolute Gasteiger partial charge is 0.248 e. The van der Waals surface area contributed by atoms with E-state index in [2.05, 4.69) is 57.8 Å². The molecule has 22 heteroatoms. The SMILES string of the molecule is CCCCC/C=C\C/C=C\CCCCCCCC(=O)N[C@H]1C[C@@H](O)[C@@H](O)NC(=O)[C@@H]2[C@@H](O)[C@@H](C)CN2C(=O)[C@H]([C@@H](C)O)NC(=O)[C@H]([C@H](O)Cc2ccc(O)cc2)NC(=O)[C@@H]2C[C@@H](O)CN2C(=O)[C@H]([C@@H](C)O)NC1=O. The van der Waals surface area contributed by atoms with Crippen molar-refractivity contribution in [2.45, 2.75) is 203 Å². The molecule has 0 aromatic heterocycles. The molecular formula is C52H81N7O15. The number of allylic oxidation sites excluding steroid dienone is 4. The van der Waals surface area contributed by atoms with E-state index in [9.17, 15) is 74.4 Å². The molecule has 3 fully saturated rings. The van der Waals surface area contributed by atoms with Gasteiger partial charge in [0, 0.05) is 44.7 Å². The van der Waals surface area contributed by atoms with Gasteiger partial charge in [-0.15, -0.1) is 0 Å². The molecule has 3 aliphatic heterocycles. The second-order valence-corrected chi connectivity index (χ2v) is 20.0. The van der Waals surface area contributed by atoms with Crippen molar-refractivity contribution in [1.82, 2.24) is 36.4 Å². The van der Waals surface area contributed by atoms with Gasteiger partial charge in [0.1, 0.15) is 48.1 Å². The van der Waals surface area contributed by atoms with E-state index >= 15 is 0 Å². The van der Waals surface area contributed by atoms with Gasteiger partial charge in [-0.3, -0.25) is 33.6 Å². The van der Waals surface area contributed by atoms with Gasteiger partial charge in [-0.2, -0.15) is 0 Å². The Morgan fingerprint density at radius 1 is 0.689 bits per heavy atom. The van der Waals surface area contributed by atoms with Gasteiger partial charge < -0.3 is 77.2 Å². The van der Waals surface area contributed by atoms with E-state index in [-0.39, 0.29) is 25.1 Å². The third kappa shape index (κ3) is 18.1. The number of aromatic hydroxyl groups is 1. The number of amides is 7. The molecule has 3 heterocycles. The Balaban J connectivity index is 1.60. The molecule has 0 aliphatic carbocycles. The molecule has 22 nitrogen and oxygen atoms in total. The molecule has 74 heavy (non-hydrogen) atoms. The zero-order valence-electron chi connectivity index (χ0n) is 43.1. The number of fused-ring (bicyclic) bond motifs is 2. The Morgan fingerprint density at radius 2 is 1.26 bits per heavy atom. The van der Waals surface area contributed by atoms with Crippen LogP contribution in [0.5, 0.6) is 5.75 Å². The van der Waals surface area contributed by atoms with Crippen LogP contribution in [0.15, 0.2) is 48.6 Å². The van der Waals surface area contributed by atoms with Crippen LogP contribution < -0.4 is 26.6 Å². The molecule has 0 radical (unpaired) electrons. The third-order valence-electron chi connectivity index (χ3n) is 13.7. The van der Waals surface area contributed by atoms with Crippen LogP contribution in [-0.4, -0.2) is 184 Å². The van der Waals surface area contributed by atoms with Crippen molar-refractivity contribution >= 4 is 41.4 Å². The summed E-state index contributed by atoms with van der Waals surface area (Å²) in [5.74, 6) is -8.35. The molecule has 7 amide bonds. The lowest BCUT2D eigenvalue weighted by atomic mass is 9.99.